The third-order valence-corrected chi connectivity index (χ3v) is 4.17. The van der Waals surface area contributed by atoms with Gasteiger partial charge in [0.2, 0.25) is 0 Å². The molecule has 1 unspecified atom stereocenters. The van der Waals surface area contributed by atoms with Crippen molar-refractivity contribution in [1.29, 1.82) is 0 Å². The maximum absolute atomic E-state index is 9.98. The molecule has 20 heavy (non-hydrogen) atoms. The first-order chi connectivity index (χ1) is 9.65. The zero-order chi connectivity index (χ0) is 14.4. The molecule has 1 aliphatic rings. The summed E-state index contributed by atoms with van der Waals surface area (Å²) >= 11 is 0. The largest absolute Gasteiger partial charge is 0.491 e. The zero-order valence-electron chi connectivity index (χ0n) is 12.7. The van der Waals surface area contributed by atoms with Crippen molar-refractivity contribution in [2.75, 3.05) is 13.2 Å². The Morgan fingerprint density at radius 2 is 1.95 bits per heavy atom. The SMILES string of the molecule is Cc1ccc(OCC(O)CNC2CCCCC2)cc1C. The van der Waals surface area contributed by atoms with Gasteiger partial charge in [-0.05, 0) is 49.9 Å². The molecule has 0 saturated heterocycles. The van der Waals surface area contributed by atoms with Gasteiger partial charge in [0, 0.05) is 12.6 Å². The molecular formula is C17H27NO2. The third-order valence-electron chi connectivity index (χ3n) is 4.17. The van der Waals surface area contributed by atoms with E-state index in [1.807, 2.05) is 12.1 Å². The van der Waals surface area contributed by atoms with Crippen LogP contribution in [-0.4, -0.2) is 30.4 Å². The van der Waals surface area contributed by atoms with Crippen molar-refractivity contribution in [3.63, 3.8) is 0 Å². The van der Waals surface area contributed by atoms with Gasteiger partial charge < -0.3 is 15.2 Å². The minimum absolute atomic E-state index is 0.349. The number of aryl methyl sites for hydroxylation is 2. The van der Waals surface area contributed by atoms with Crippen LogP contribution in [0.4, 0.5) is 0 Å². The predicted molar refractivity (Wildman–Crippen MR) is 82.3 cm³/mol. The maximum atomic E-state index is 9.98. The van der Waals surface area contributed by atoms with Gasteiger partial charge in [0.1, 0.15) is 18.5 Å². The third kappa shape index (κ3) is 4.80. The van der Waals surface area contributed by atoms with E-state index in [0.717, 1.165) is 5.75 Å². The molecule has 1 fully saturated rings. The molecule has 2 N–H and O–H groups in total. The molecule has 0 spiro atoms. The Morgan fingerprint density at radius 1 is 1.20 bits per heavy atom. The van der Waals surface area contributed by atoms with E-state index < -0.39 is 6.10 Å². The van der Waals surface area contributed by atoms with Crippen molar-refractivity contribution in [2.45, 2.75) is 58.1 Å². The Hall–Kier alpha value is -1.06. The quantitative estimate of drug-likeness (QED) is 0.840. The Balaban J connectivity index is 1.68. The lowest BCUT2D eigenvalue weighted by molar-refractivity contribution is 0.102. The van der Waals surface area contributed by atoms with Gasteiger partial charge in [-0.25, -0.2) is 0 Å². The lowest BCUT2D eigenvalue weighted by atomic mass is 9.95. The molecule has 112 valence electrons. The van der Waals surface area contributed by atoms with E-state index in [2.05, 4.69) is 25.2 Å². The molecule has 0 amide bonds. The van der Waals surface area contributed by atoms with Crippen molar-refractivity contribution in [1.82, 2.24) is 5.32 Å². The fraction of sp³-hybridized carbons (Fsp3) is 0.647. The number of hydrogen-bond donors (Lipinski definition) is 2. The van der Waals surface area contributed by atoms with Crippen molar-refractivity contribution in [3.05, 3.63) is 29.3 Å². The van der Waals surface area contributed by atoms with Gasteiger partial charge in [-0.1, -0.05) is 25.3 Å². The summed E-state index contributed by atoms with van der Waals surface area (Å²) in [5.41, 5.74) is 2.48. The van der Waals surface area contributed by atoms with Crippen molar-refractivity contribution < 1.29 is 9.84 Å². The second-order valence-corrected chi connectivity index (χ2v) is 5.95. The van der Waals surface area contributed by atoms with Crippen LogP contribution in [0, 0.1) is 13.8 Å². The van der Waals surface area contributed by atoms with E-state index >= 15 is 0 Å². The summed E-state index contributed by atoms with van der Waals surface area (Å²) in [7, 11) is 0. The normalized spacial score (nSPS) is 17.9. The fourth-order valence-electron chi connectivity index (χ4n) is 2.66. The second-order valence-electron chi connectivity index (χ2n) is 5.95. The van der Waals surface area contributed by atoms with Crippen molar-refractivity contribution in [2.24, 2.45) is 0 Å². The molecule has 0 bridgehead atoms. The molecule has 0 radical (unpaired) electrons. The summed E-state index contributed by atoms with van der Waals surface area (Å²) in [6.07, 6.45) is 6.02. The second kappa shape index (κ2) is 7.65. The van der Waals surface area contributed by atoms with Crippen molar-refractivity contribution >= 4 is 0 Å². The monoisotopic (exact) mass is 277 g/mol. The molecule has 0 heterocycles. The van der Waals surface area contributed by atoms with Crippen LogP contribution >= 0.6 is 0 Å². The van der Waals surface area contributed by atoms with Gasteiger partial charge in [0.25, 0.3) is 0 Å². The Morgan fingerprint density at radius 3 is 2.65 bits per heavy atom. The van der Waals surface area contributed by atoms with Gasteiger partial charge >= 0.3 is 0 Å². The van der Waals surface area contributed by atoms with Crippen LogP contribution in [-0.2, 0) is 0 Å². The lowest BCUT2D eigenvalue weighted by Crippen LogP contribution is -2.38. The molecular weight excluding hydrogens is 250 g/mol. The highest BCUT2D eigenvalue weighted by atomic mass is 16.5. The van der Waals surface area contributed by atoms with E-state index in [0.29, 0.717) is 19.2 Å². The van der Waals surface area contributed by atoms with Crippen LogP contribution < -0.4 is 10.1 Å². The molecule has 1 saturated carbocycles. The Kier molecular flexibility index (Phi) is 5.86. The van der Waals surface area contributed by atoms with E-state index in [1.54, 1.807) is 0 Å². The topological polar surface area (TPSA) is 41.5 Å². The van der Waals surface area contributed by atoms with E-state index in [4.69, 9.17) is 4.74 Å². The van der Waals surface area contributed by atoms with E-state index in [9.17, 15) is 5.11 Å². The van der Waals surface area contributed by atoms with Crippen LogP contribution in [0.1, 0.15) is 43.2 Å². The summed E-state index contributed by atoms with van der Waals surface area (Å²) in [5, 5.41) is 13.4. The Labute approximate surface area is 122 Å². The zero-order valence-corrected chi connectivity index (χ0v) is 12.7. The molecule has 3 heteroatoms. The first-order valence-corrected chi connectivity index (χ1v) is 7.76. The van der Waals surface area contributed by atoms with E-state index in [1.165, 1.54) is 43.2 Å². The standard InChI is InChI=1S/C17H27NO2/c1-13-8-9-17(10-14(13)2)20-12-16(19)11-18-15-6-4-3-5-7-15/h8-10,15-16,18-19H,3-7,11-12H2,1-2H3. The molecule has 3 nitrogen and oxygen atoms in total. The molecule has 0 aromatic heterocycles. The summed E-state index contributed by atoms with van der Waals surface area (Å²) in [4.78, 5) is 0. The highest BCUT2D eigenvalue weighted by molar-refractivity contribution is 5.33. The van der Waals surface area contributed by atoms with Crippen LogP contribution in [0.2, 0.25) is 0 Å². The summed E-state index contributed by atoms with van der Waals surface area (Å²) < 4.78 is 5.65. The van der Waals surface area contributed by atoms with Crippen LogP contribution in [0.15, 0.2) is 18.2 Å². The molecule has 2 rings (SSSR count). The number of ether oxygens (including phenoxy) is 1. The number of aliphatic hydroxyl groups excluding tert-OH is 1. The minimum Gasteiger partial charge on any atom is -0.491 e. The number of nitrogens with one attached hydrogen (secondary N) is 1. The molecule has 1 aromatic carbocycles. The number of aliphatic hydroxyl groups is 1. The minimum atomic E-state index is -0.446. The average Bonchev–Trinajstić information content (AvgIpc) is 2.47. The Bertz CT molecular complexity index is 413. The van der Waals surface area contributed by atoms with Crippen LogP contribution in [0.25, 0.3) is 0 Å². The van der Waals surface area contributed by atoms with E-state index in [-0.39, 0.29) is 0 Å². The van der Waals surface area contributed by atoms with Gasteiger partial charge in [-0.3, -0.25) is 0 Å². The number of hydrogen-bond acceptors (Lipinski definition) is 3. The van der Waals surface area contributed by atoms with Crippen LogP contribution in [0.3, 0.4) is 0 Å². The first kappa shape index (κ1) is 15.3. The number of benzene rings is 1. The average molecular weight is 277 g/mol. The van der Waals surface area contributed by atoms with Gasteiger partial charge in [0.05, 0.1) is 0 Å². The summed E-state index contributed by atoms with van der Waals surface area (Å²) in [5.74, 6) is 0.838. The molecule has 1 aromatic rings. The number of rotatable bonds is 6. The molecule has 1 aliphatic carbocycles. The van der Waals surface area contributed by atoms with Gasteiger partial charge in [-0.15, -0.1) is 0 Å². The first-order valence-electron chi connectivity index (χ1n) is 7.76. The van der Waals surface area contributed by atoms with Crippen LogP contribution in [0.5, 0.6) is 5.75 Å². The highest BCUT2D eigenvalue weighted by Gasteiger charge is 2.14. The van der Waals surface area contributed by atoms with Gasteiger partial charge in [0.15, 0.2) is 0 Å². The molecule has 0 aliphatic heterocycles. The fourth-order valence-corrected chi connectivity index (χ4v) is 2.66. The van der Waals surface area contributed by atoms with Crippen molar-refractivity contribution in [3.8, 4) is 5.75 Å². The predicted octanol–water partition coefficient (Wildman–Crippen LogP) is 2.97. The van der Waals surface area contributed by atoms with Gasteiger partial charge in [-0.2, -0.15) is 0 Å². The summed E-state index contributed by atoms with van der Waals surface area (Å²) in [6.45, 7) is 5.13. The summed E-state index contributed by atoms with van der Waals surface area (Å²) in [6, 6.07) is 6.62. The maximum Gasteiger partial charge on any atom is 0.119 e. The highest BCUT2D eigenvalue weighted by Crippen LogP contribution is 2.18. The smallest absolute Gasteiger partial charge is 0.119 e. The lowest BCUT2D eigenvalue weighted by Gasteiger charge is -2.24. The molecule has 1 atom stereocenters.